The lowest BCUT2D eigenvalue weighted by atomic mass is 9.83. The van der Waals surface area contributed by atoms with Crippen LogP contribution in [0.3, 0.4) is 0 Å². The summed E-state index contributed by atoms with van der Waals surface area (Å²) in [7, 11) is -4.31. The number of aliphatic hydroxyl groups is 1. The molecule has 4 rings (SSSR count). The van der Waals surface area contributed by atoms with E-state index < -0.39 is 45.0 Å². The van der Waals surface area contributed by atoms with Gasteiger partial charge in [-0.25, -0.2) is 4.79 Å². The lowest BCUT2D eigenvalue weighted by Gasteiger charge is -2.44. The van der Waals surface area contributed by atoms with Crippen molar-refractivity contribution in [1.82, 2.24) is 4.90 Å². The van der Waals surface area contributed by atoms with Gasteiger partial charge in [0.1, 0.15) is 11.5 Å². The van der Waals surface area contributed by atoms with Crippen molar-refractivity contribution < 1.29 is 37.0 Å². The van der Waals surface area contributed by atoms with E-state index in [9.17, 15) is 33.2 Å². The van der Waals surface area contributed by atoms with Crippen LogP contribution in [-0.4, -0.2) is 47.4 Å². The Bertz CT molecular complexity index is 1320. The SMILES string of the molecule is Cc1ccc(S(=O)(=O)OC2=C(C(=O)OCc3ccc([N+](=O)[O-])cc3)N3C(=O)[C@H]([C@@H](C)O)[C@H]3C2)cc1. The van der Waals surface area contributed by atoms with Gasteiger partial charge in [-0.15, -0.1) is 0 Å². The molecule has 12 heteroatoms. The van der Waals surface area contributed by atoms with E-state index in [4.69, 9.17) is 8.92 Å². The summed E-state index contributed by atoms with van der Waals surface area (Å²) in [6, 6.07) is 10.6. The average Bonchev–Trinajstić information content (AvgIpc) is 3.10. The Balaban J connectivity index is 1.59. The van der Waals surface area contributed by atoms with Crippen molar-refractivity contribution in [2.45, 2.75) is 43.9 Å². The summed E-state index contributed by atoms with van der Waals surface area (Å²) in [5, 5.41) is 20.8. The number of β-lactam (4-membered cyclic amide) rings is 1. The van der Waals surface area contributed by atoms with E-state index >= 15 is 0 Å². The Morgan fingerprint density at radius 3 is 2.40 bits per heavy atom. The van der Waals surface area contributed by atoms with Crippen LogP contribution in [0.4, 0.5) is 5.69 Å². The van der Waals surface area contributed by atoms with Gasteiger partial charge in [0.15, 0.2) is 11.5 Å². The van der Waals surface area contributed by atoms with E-state index in [2.05, 4.69) is 0 Å². The van der Waals surface area contributed by atoms with Crippen LogP contribution in [0.1, 0.15) is 24.5 Å². The first kappa shape index (κ1) is 24.4. The summed E-state index contributed by atoms with van der Waals surface area (Å²) in [5.74, 6) is -2.59. The molecule has 2 aliphatic rings. The molecule has 184 valence electrons. The Morgan fingerprint density at radius 1 is 1.20 bits per heavy atom. The standard InChI is InChI=1S/C23H22N2O9S/c1-13-3-9-17(10-4-13)35(31,32)34-19-11-18-20(14(2)26)22(27)24(18)21(19)23(28)33-12-15-5-7-16(8-6-15)25(29)30/h3-10,14,18,20,26H,11-12H2,1-2H3/t14-,18-,20-/m1/s1. The Kier molecular flexibility index (Phi) is 6.34. The highest BCUT2D eigenvalue weighted by atomic mass is 32.2. The van der Waals surface area contributed by atoms with Crippen molar-refractivity contribution in [3.8, 4) is 0 Å². The number of rotatable bonds is 8. The van der Waals surface area contributed by atoms with Crippen LogP contribution in [0.15, 0.2) is 64.9 Å². The molecular formula is C23H22N2O9S. The van der Waals surface area contributed by atoms with E-state index in [-0.39, 0.29) is 35.1 Å². The van der Waals surface area contributed by atoms with Crippen LogP contribution < -0.4 is 0 Å². The number of hydrogen-bond acceptors (Lipinski definition) is 9. The first-order chi connectivity index (χ1) is 16.5. The maximum absolute atomic E-state index is 13.0. The number of nitrogens with zero attached hydrogens (tertiary/aromatic N) is 2. The molecule has 0 saturated carbocycles. The van der Waals surface area contributed by atoms with Gasteiger partial charge in [0.25, 0.3) is 5.69 Å². The quantitative estimate of drug-likeness (QED) is 0.188. The number of fused-ring (bicyclic) bond motifs is 1. The van der Waals surface area contributed by atoms with Crippen LogP contribution in [-0.2, 0) is 35.2 Å². The molecule has 2 aliphatic heterocycles. The van der Waals surface area contributed by atoms with E-state index in [1.165, 1.54) is 43.3 Å². The van der Waals surface area contributed by atoms with Crippen LogP contribution in [0.2, 0.25) is 0 Å². The lowest BCUT2D eigenvalue weighted by molar-refractivity contribution is -0.384. The van der Waals surface area contributed by atoms with Gasteiger partial charge in [-0.1, -0.05) is 17.7 Å². The smallest absolute Gasteiger partial charge is 0.358 e. The Morgan fingerprint density at radius 2 is 1.83 bits per heavy atom. The molecule has 0 aliphatic carbocycles. The molecule has 0 aromatic heterocycles. The van der Waals surface area contributed by atoms with E-state index in [0.717, 1.165) is 10.5 Å². The molecule has 1 N–H and O–H groups in total. The van der Waals surface area contributed by atoms with Crippen LogP contribution in [0, 0.1) is 23.0 Å². The van der Waals surface area contributed by atoms with Gasteiger partial charge < -0.3 is 14.0 Å². The highest BCUT2D eigenvalue weighted by Gasteiger charge is 2.58. The third-order valence-electron chi connectivity index (χ3n) is 5.92. The molecule has 0 bridgehead atoms. The second-order valence-corrected chi connectivity index (χ2v) is 9.91. The van der Waals surface area contributed by atoms with Crippen LogP contribution >= 0.6 is 0 Å². The molecule has 1 saturated heterocycles. The molecule has 2 aromatic rings. The van der Waals surface area contributed by atoms with Crippen molar-refractivity contribution in [1.29, 1.82) is 0 Å². The van der Waals surface area contributed by atoms with Crippen LogP contribution in [0.5, 0.6) is 0 Å². The van der Waals surface area contributed by atoms with Gasteiger partial charge in [0.2, 0.25) is 5.91 Å². The summed E-state index contributed by atoms with van der Waals surface area (Å²) in [6.45, 7) is 2.96. The summed E-state index contributed by atoms with van der Waals surface area (Å²) in [6.07, 6.45) is -1.09. The van der Waals surface area contributed by atoms with Gasteiger partial charge in [0, 0.05) is 18.6 Å². The van der Waals surface area contributed by atoms with E-state index in [1.807, 2.05) is 0 Å². The number of aryl methyl sites for hydroxylation is 1. The van der Waals surface area contributed by atoms with Gasteiger partial charge in [-0.3, -0.25) is 19.8 Å². The number of carbonyl (C=O) groups excluding carboxylic acids is 2. The second-order valence-electron chi connectivity index (χ2n) is 8.37. The fourth-order valence-electron chi connectivity index (χ4n) is 4.11. The third-order valence-corrected chi connectivity index (χ3v) is 7.19. The summed E-state index contributed by atoms with van der Waals surface area (Å²) < 4.78 is 36.3. The molecule has 2 heterocycles. The van der Waals surface area contributed by atoms with Crippen molar-refractivity contribution in [3.63, 3.8) is 0 Å². The number of nitro groups is 1. The fourth-order valence-corrected chi connectivity index (χ4v) is 5.09. The minimum Gasteiger partial charge on any atom is -0.456 e. The predicted octanol–water partition coefficient (Wildman–Crippen LogP) is 2.18. The molecule has 0 radical (unpaired) electrons. The van der Waals surface area contributed by atoms with Crippen LogP contribution in [0.25, 0.3) is 0 Å². The van der Waals surface area contributed by atoms with Gasteiger partial charge >= 0.3 is 16.1 Å². The largest absolute Gasteiger partial charge is 0.456 e. The van der Waals surface area contributed by atoms with Crippen molar-refractivity contribution >= 4 is 27.7 Å². The first-order valence-electron chi connectivity index (χ1n) is 10.7. The molecule has 0 unspecified atom stereocenters. The van der Waals surface area contributed by atoms with Crippen molar-refractivity contribution in [2.75, 3.05) is 0 Å². The number of non-ortho nitro benzene ring substituents is 1. The maximum atomic E-state index is 13.0. The molecule has 3 atom stereocenters. The summed E-state index contributed by atoms with van der Waals surface area (Å²) >= 11 is 0. The second kappa shape index (κ2) is 9.12. The zero-order chi connectivity index (χ0) is 25.5. The molecule has 35 heavy (non-hydrogen) atoms. The average molecular weight is 503 g/mol. The highest BCUT2D eigenvalue weighted by Crippen LogP contribution is 2.45. The molecule has 0 spiro atoms. The fraction of sp³-hybridized carbons (Fsp3) is 0.304. The number of ether oxygens (including phenoxy) is 1. The minimum atomic E-state index is -4.31. The number of aliphatic hydroxyl groups excluding tert-OH is 1. The number of carbonyl (C=O) groups is 2. The van der Waals surface area contributed by atoms with Gasteiger partial charge in [-0.2, -0.15) is 8.42 Å². The normalized spacial score (nSPS) is 20.2. The van der Waals surface area contributed by atoms with Crippen molar-refractivity contribution in [2.24, 2.45) is 5.92 Å². The number of amides is 1. The lowest BCUT2D eigenvalue weighted by Crippen LogP contribution is -2.61. The first-order valence-corrected chi connectivity index (χ1v) is 12.1. The zero-order valence-electron chi connectivity index (χ0n) is 18.8. The summed E-state index contributed by atoms with van der Waals surface area (Å²) in [5.41, 5.74) is 0.822. The topological polar surface area (TPSA) is 153 Å². The summed E-state index contributed by atoms with van der Waals surface area (Å²) in [4.78, 5) is 36.8. The van der Waals surface area contributed by atoms with E-state index in [1.54, 1.807) is 19.1 Å². The van der Waals surface area contributed by atoms with Gasteiger partial charge in [-0.05, 0) is 43.7 Å². The maximum Gasteiger partial charge on any atom is 0.358 e. The molecule has 2 aromatic carbocycles. The number of nitro benzene ring substituents is 1. The molecule has 11 nitrogen and oxygen atoms in total. The minimum absolute atomic E-state index is 0.0889. The molecule has 1 amide bonds. The number of benzene rings is 2. The van der Waals surface area contributed by atoms with Gasteiger partial charge in [0.05, 0.1) is 23.0 Å². The Labute approximate surface area is 200 Å². The zero-order valence-corrected chi connectivity index (χ0v) is 19.6. The number of hydrogen-bond donors (Lipinski definition) is 1. The number of esters is 1. The van der Waals surface area contributed by atoms with E-state index in [0.29, 0.717) is 5.56 Å². The third kappa shape index (κ3) is 4.62. The Hall–Kier alpha value is -3.77. The van der Waals surface area contributed by atoms with Crippen molar-refractivity contribution in [3.05, 3.63) is 81.2 Å². The monoisotopic (exact) mass is 502 g/mol. The predicted molar refractivity (Wildman–Crippen MR) is 120 cm³/mol. The molecule has 1 fully saturated rings. The molecular weight excluding hydrogens is 480 g/mol. The highest BCUT2D eigenvalue weighted by molar-refractivity contribution is 7.86.